The van der Waals surface area contributed by atoms with E-state index in [1.165, 1.54) is 0 Å². The van der Waals surface area contributed by atoms with Crippen LogP contribution in [0.15, 0.2) is 73.2 Å². The van der Waals surface area contributed by atoms with Gasteiger partial charge in [-0.3, -0.25) is 9.89 Å². The fraction of sp³-hybridized carbons (Fsp3) is 0.185. The number of hydrogen-bond acceptors (Lipinski definition) is 6. The maximum atomic E-state index is 13.0. The number of nitrogens with one attached hydrogen (secondary N) is 4. The number of benzene rings is 2. The van der Waals surface area contributed by atoms with E-state index in [-0.39, 0.29) is 11.9 Å². The number of likely N-dealkylation sites (N-methyl/N-ethyl adjacent to an activating group) is 1. The number of carbonyl (C=O) groups is 1. The van der Waals surface area contributed by atoms with Crippen LogP contribution in [-0.4, -0.2) is 62.1 Å². The highest BCUT2D eigenvalue weighted by molar-refractivity contribution is 5.98. The number of aromatic nitrogens is 5. The molecule has 5 aromatic rings. The van der Waals surface area contributed by atoms with Gasteiger partial charge in [-0.2, -0.15) is 5.10 Å². The minimum Gasteiger partial charge on any atom is -0.351 e. The van der Waals surface area contributed by atoms with E-state index in [4.69, 9.17) is 4.98 Å². The molecule has 0 aliphatic carbocycles. The molecule has 4 N–H and O–H groups in total. The second-order valence-electron chi connectivity index (χ2n) is 9.00. The number of amides is 1. The summed E-state index contributed by atoms with van der Waals surface area (Å²) in [4.78, 5) is 27.3. The van der Waals surface area contributed by atoms with Gasteiger partial charge in [-0.15, -0.1) is 0 Å². The summed E-state index contributed by atoms with van der Waals surface area (Å²) in [6.45, 7) is 1.78. The predicted octanol–water partition coefficient (Wildman–Crippen LogP) is 4.19. The lowest BCUT2D eigenvalue weighted by Gasteiger charge is -2.23. The van der Waals surface area contributed by atoms with Crippen molar-refractivity contribution in [1.82, 2.24) is 35.4 Å². The summed E-state index contributed by atoms with van der Waals surface area (Å²) < 4.78 is 0. The van der Waals surface area contributed by atoms with Crippen molar-refractivity contribution >= 4 is 28.3 Å². The molecule has 6 rings (SSSR count). The van der Waals surface area contributed by atoms with Crippen molar-refractivity contribution in [1.29, 1.82) is 0 Å². The Morgan fingerprint density at radius 1 is 1.06 bits per heavy atom. The normalized spacial score (nSPS) is 15.3. The van der Waals surface area contributed by atoms with Crippen LogP contribution in [0, 0.1) is 0 Å². The number of H-pyrrole nitrogens is 2. The summed E-state index contributed by atoms with van der Waals surface area (Å²) in [5, 5.41) is 14.5. The van der Waals surface area contributed by atoms with Crippen LogP contribution < -0.4 is 10.6 Å². The SMILES string of the molecule is CN(C(=O)c1cc2ccc(-c3nccc(Nc4ccc(-c5cn[nH]c5)cc4)n3)cc2[nH]1)C1CCNC1. The van der Waals surface area contributed by atoms with Gasteiger partial charge in [0.1, 0.15) is 11.5 Å². The van der Waals surface area contributed by atoms with Gasteiger partial charge < -0.3 is 20.5 Å². The molecule has 1 unspecified atom stereocenters. The van der Waals surface area contributed by atoms with Gasteiger partial charge in [0, 0.05) is 59.7 Å². The number of anilines is 2. The van der Waals surface area contributed by atoms with Gasteiger partial charge in [0.2, 0.25) is 0 Å². The van der Waals surface area contributed by atoms with Gasteiger partial charge in [0.15, 0.2) is 5.82 Å². The smallest absolute Gasteiger partial charge is 0.270 e. The van der Waals surface area contributed by atoms with Crippen LogP contribution in [0.1, 0.15) is 16.9 Å². The molecule has 0 spiro atoms. The first-order valence-corrected chi connectivity index (χ1v) is 11.9. The van der Waals surface area contributed by atoms with Gasteiger partial charge in [-0.05, 0) is 48.9 Å². The van der Waals surface area contributed by atoms with Gasteiger partial charge in [0.05, 0.1) is 6.20 Å². The maximum Gasteiger partial charge on any atom is 0.270 e. The van der Waals surface area contributed by atoms with Gasteiger partial charge in [0.25, 0.3) is 5.91 Å². The molecule has 1 amide bonds. The first-order chi connectivity index (χ1) is 17.6. The van der Waals surface area contributed by atoms with E-state index in [0.29, 0.717) is 17.3 Å². The molecule has 9 nitrogen and oxygen atoms in total. The average molecular weight is 479 g/mol. The summed E-state index contributed by atoms with van der Waals surface area (Å²) in [5.74, 6) is 1.31. The number of rotatable bonds is 6. The van der Waals surface area contributed by atoms with Crippen LogP contribution in [0.25, 0.3) is 33.4 Å². The quantitative estimate of drug-likeness (QED) is 0.291. The molecule has 180 valence electrons. The van der Waals surface area contributed by atoms with E-state index in [1.54, 1.807) is 12.4 Å². The van der Waals surface area contributed by atoms with Crippen LogP contribution in [0.4, 0.5) is 11.5 Å². The first kappa shape index (κ1) is 22.0. The highest BCUT2D eigenvalue weighted by atomic mass is 16.2. The van der Waals surface area contributed by atoms with Gasteiger partial charge >= 0.3 is 0 Å². The number of hydrogen-bond donors (Lipinski definition) is 4. The Balaban J connectivity index is 1.21. The Bertz CT molecular complexity index is 1500. The largest absolute Gasteiger partial charge is 0.351 e. The van der Waals surface area contributed by atoms with Gasteiger partial charge in [-0.25, -0.2) is 9.97 Å². The van der Waals surface area contributed by atoms with E-state index < -0.39 is 0 Å². The Labute approximate surface area is 208 Å². The molecule has 4 heterocycles. The third-order valence-electron chi connectivity index (χ3n) is 6.66. The zero-order chi connectivity index (χ0) is 24.5. The molecule has 36 heavy (non-hydrogen) atoms. The van der Waals surface area contributed by atoms with Crippen molar-refractivity contribution in [2.45, 2.75) is 12.5 Å². The predicted molar refractivity (Wildman–Crippen MR) is 140 cm³/mol. The highest BCUT2D eigenvalue weighted by Gasteiger charge is 2.25. The highest BCUT2D eigenvalue weighted by Crippen LogP contribution is 2.26. The van der Waals surface area contributed by atoms with Crippen molar-refractivity contribution < 1.29 is 4.79 Å². The maximum absolute atomic E-state index is 13.0. The minimum absolute atomic E-state index is 0.00249. The number of fused-ring (bicyclic) bond motifs is 1. The fourth-order valence-corrected chi connectivity index (χ4v) is 4.58. The molecule has 2 aromatic carbocycles. The van der Waals surface area contributed by atoms with Crippen molar-refractivity contribution in [2.24, 2.45) is 0 Å². The summed E-state index contributed by atoms with van der Waals surface area (Å²) in [6, 6.07) is 18.0. The Kier molecular flexibility index (Phi) is 5.67. The average Bonchev–Trinajstić information content (AvgIpc) is 3.70. The van der Waals surface area contributed by atoms with Crippen LogP contribution in [0.2, 0.25) is 0 Å². The number of carbonyl (C=O) groups excluding carboxylic acids is 1. The van der Waals surface area contributed by atoms with E-state index in [2.05, 4.69) is 30.8 Å². The van der Waals surface area contributed by atoms with Crippen LogP contribution in [0.5, 0.6) is 0 Å². The molecule has 1 fully saturated rings. The topological polar surface area (TPSA) is 115 Å². The Hall–Kier alpha value is -4.50. The van der Waals surface area contributed by atoms with E-state index in [1.807, 2.05) is 72.7 Å². The fourth-order valence-electron chi connectivity index (χ4n) is 4.58. The monoisotopic (exact) mass is 478 g/mol. The molecule has 0 radical (unpaired) electrons. The van der Waals surface area contributed by atoms with E-state index in [0.717, 1.165) is 52.8 Å². The lowest BCUT2D eigenvalue weighted by molar-refractivity contribution is 0.0739. The molecule has 9 heteroatoms. The zero-order valence-electron chi connectivity index (χ0n) is 19.8. The molecule has 1 atom stereocenters. The summed E-state index contributed by atoms with van der Waals surface area (Å²) >= 11 is 0. The molecule has 1 aliphatic rings. The molecule has 3 aromatic heterocycles. The third kappa shape index (κ3) is 4.32. The Morgan fingerprint density at radius 3 is 2.69 bits per heavy atom. The summed E-state index contributed by atoms with van der Waals surface area (Å²) in [7, 11) is 1.87. The van der Waals surface area contributed by atoms with Gasteiger partial charge in [-0.1, -0.05) is 24.3 Å². The first-order valence-electron chi connectivity index (χ1n) is 11.9. The van der Waals surface area contributed by atoms with E-state index >= 15 is 0 Å². The summed E-state index contributed by atoms with van der Waals surface area (Å²) in [6.07, 6.45) is 6.38. The van der Waals surface area contributed by atoms with Crippen LogP contribution >= 0.6 is 0 Å². The molecule has 0 bridgehead atoms. The molecule has 0 saturated carbocycles. The second kappa shape index (κ2) is 9.27. The minimum atomic E-state index is 0.00249. The lowest BCUT2D eigenvalue weighted by atomic mass is 10.1. The Morgan fingerprint density at radius 2 is 1.92 bits per heavy atom. The lowest BCUT2D eigenvalue weighted by Crippen LogP contribution is -2.38. The number of aromatic amines is 2. The molecular formula is C27H26N8O. The van der Waals surface area contributed by atoms with Crippen molar-refractivity contribution in [3.05, 3.63) is 78.9 Å². The standard InChI is InChI=1S/C27H26N8O/c1-35(22-8-10-28-16-22)27(36)24-12-18-2-3-19(13-23(18)33-24)26-29-11-9-25(34-26)32-21-6-4-17(5-7-21)20-14-30-31-15-20/h2-7,9,11-15,22,28,33H,8,10,16H2,1H3,(H,30,31)(H,29,32,34). The van der Waals surface area contributed by atoms with Crippen molar-refractivity contribution in [2.75, 3.05) is 25.5 Å². The molecule has 1 saturated heterocycles. The van der Waals surface area contributed by atoms with E-state index in [9.17, 15) is 4.79 Å². The van der Waals surface area contributed by atoms with Crippen molar-refractivity contribution in [3.63, 3.8) is 0 Å². The molecular weight excluding hydrogens is 452 g/mol. The summed E-state index contributed by atoms with van der Waals surface area (Å²) in [5.41, 5.74) is 5.39. The zero-order valence-corrected chi connectivity index (χ0v) is 19.8. The van der Waals surface area contributed by atoms with Crippen LogP contribution in [0.3, 0.4) is 0 Å². The second-order valence-corrected chi connectivity index (χ2v) is 9.00. The number of nitrogens with zero attached hydrogens (tertiary/aromatic N) is 4. The van der Waals surface area contributed by atoms with Crippen molar-refractivity contribution in [3.8, 4) is 22.5 Å². The van der Waals surface area contributed by atoms with Crippen LogP contribution in [-0.2, 0) is 0 Å². The third-order valence-corrected chi connectivity index (χ3v) is 6.66. The molecule has 1 aliphatic heterocycles.